The molecule has 0 saturated heterocycles. The van der Waals surface area contributed by atoms with Crippen LogP contribution in [0.5, 0.6) is 17.4 Å². The standard InChI is InChI=1S/C22H21F3N4O4/c1-2-31-17-7-3-15(4-8-17)19-11-12-20(29-28-19)32-14-13-26-21(30)27-16-5-9-18(10-6-16)33-22(23,24)25/h3-12H,2,13-14H2,1H3,(H2,26,27,30). The first kappa shape index (κ1) is 23.6. The molecule has 33 heavy (non-hydrogen) atoms. The summed E-state index contributed by atoms with van der Waals surface area (Å²) in [5.74, 6) is 0.696. The Labute approximate surface area is 187 Å². The first-order valence-corrected chi connectivity index (χ1v) is 9.93. The van der Waals surface area contributed by atoms with Crippen LogP contribution in [0.3, 0.4) is 0 Å². The van der Waals surface area contributed by atoms with Crippen LogP contribution in [0.1, 0.15) is 6.92 Å². The van der Waals surface area contributed by atoms with Gasteiger partial charge in [-0.1, -0.05) is 0 Å². The van der Waals surface area contributed by atoms with E-state index in [9.17, 15) is 18.0 Å². The summed E-state index contributed by atoms with van der Waals surface area (Å²) in [5, 5.41) is 13.2. The number of benzene rings is 2. The van der Waals surface area contributed by atoms with Crippen molar-refractivity contribution in [2.24, 2.45) is 0 Å². The number of anilines is 1. The van der Waals surface area contributed by atoms with Crippen LogP contribution >= 0.6 is 0 Å². The number of aromatic nitrogens is 2. The Balaban J connectivity index is 1.39. The normalized spacial score (nSPS) is 10.9. The van der Waals surface area contributed by atoms with Gasteiger partial charge >= 0.3 is 12.4 Å². The Hall–Kier alpha value is -4.02. The number of nitrogens with zero attached hydrogens (tertiary/aromatic N) is 2. The first-order valence-electron chi connectivity index (χ1n) is 9.93. The number of carbonyl (C=O) groups is 1. The SMILES string of the molecule is CCOc1ccc(-c2ccc(OCCNC(=O)Nc3ccc(OC(F)(F)F)cc3)nn2)cc1. The van der Waals surface area contributed by atoms with Crippen LogP contribution in [0.25, 0.3) is 11.3 Å². The zero-order chi connectivity index (χ0) is 23.7. The minimum atomic E-state index is -4.77. The van der Waals surface area contributed by atoms with Crippen molar-refractivity contribution in [1.29, 1.82) is 0 Å². The van der Waals surface area contributed by atoms with Gasteiger partial charge in [0, 0.05) is 17.3 Å². The van der Waals surface area contributed by atoms with Crippen molar-refractivity contribution < 1.29 is 32.2 Å². The number of carbonyl (C=O) groups excluding carboxylic acids is 1. The third-order valence-electron chi connectivity index (χ3n) is 4.08. The van der Waals surface area contributed by atoms with E-state index in [1.54, 1.807) is 12.1 Å². The van der Waals surface area contributed by atoms with Crippen molar-refractivity contribution >= 4 is 11.7 Å². The van der Waals surface area contributed by atoms with E-state index < -0.39 is 12.4 Å². The van der Waals surface area contributed by atoms with E-state index in [1.807, 2.05) is 31.2 Å². The second kappa shape index (κ2) is 11.0. The summed E-state index contributed by atoms with van der Waals surface area (Å²) in [6, 6.07) is 15.2. The summed E-state index contributed by atoms with van der Waals surface area (Å²) >= 11 is 0. The van der Waals surface area contributed by atoms with Crippen LogP contribution in [-0.2, 0) is 0 Å². The number of hydrogen-bond acceptors (Lipinski definition) is 6. The van der Waals surface area contributed by atoms with Crippen molar-refractivity contribution in [2.75, 3.05) is 25.1 Å². The smallest absolute Gasteiger partial charge is 0.494 e. The maximum atomic E-state index is 12.2. The van der Waals surface area contributed by atoms with Crippen LogP contribution in [0.15, 0.2) is 60.7 Å². The molecule has 2 aromatic carbocycles. The van der Waals surface area contributed by atoms with Gasteiger partial charge in [0.2, 0.25) is 5.88 Å². The number of rotatable bonds is 9. The Bertz CT molecular complexity index is 1030. The summed E-state index contributed by atoms with van der Waals surface area (Å²) in [5.41, 5.74) is 1.86. The van der Waals surface area contributed by atoms with Gasteiger partial charge in [0.05, 0.1) is 18.8 Å². The lowest BCUT2D eigenvalue weighted by Crippen LogP contribution is -2.32. The van der Waals surface area contributed by atoms with Gasteiger partial charge in [-0.2, -0.15) is 0 Å². The van der Waals surface area contributed by atoms with Gasteiger partial charge < -0.3 is 24.8 Å². The molecule has 3 aromatic rings. The average Bonchev–Trinajstić information content (AvgIpc) is 2.78. The lowest BCUT2D eigenvalue weighted by atomic mass is 10.1. The van der Waals surface area contributed by atoms with Gasteiger partial charge in [-0.3, -0.25) is 0 Å². The number of hydrogen-bond donors (Lipinski definition) is 2. The monoisotopic (exact) mass is 462 g/mol. The molecule has 0 aliphatic heterocycles. The van der Waals surface area contributed by atoms with Gasteiger partial charge in [0.1, 0.15) is 18.1 Å². The molecule has 0 bridgehead atoms. The topological polar surface area (TPSA) is 94.6 Å². The number of amides is 2. The fourth-order valence-electron chi connectivity index (χ4n) is 2.67. The van der Waals surface area contributed by atoms with Crippen LogP contribution in [0, 0.1) is 0 Å². The molecule has 0 spiro atoms. The van der Waals surface area contributed by atoms with Crippen molar-refractivity contribution in [3.8, 4) is 28.6 Å². The third-order valence-corrected chi connectivity index (χ3v) is 4.08. The molecule has 3 rings (SSSR count). The molecule has 11 heteroatoms. The van der Waals surface area contributed by atoms with Gasteiger partial charge in [-0.15, -0.1) is 23.4 Å². The lowest BCUT2D eigenvalue weighted by Gasteiger charge is -2.11. The third kappa shape index (κ3) is 7.87. The van der Waals surface area contributed by atoms with E-state index in [2.05, 4.69) is 25.6 Å². The van der Waals surface area contributed by atoms with Gasteiger partial charge in [-0.25, -0.2) is 4.79 Å². The molecular formula is C22H21F3N4O4. The maximum Gasteiger partial charge on any atom is 0.573 e. The molecule has 1 aromatic heterocycles. The number of halogens is 3. The molecule has 0 saturated carbocycles. The molecule has 1 heterocycles. The predicted octanol–water partition coefficient (Wildman–Crippen LogP) is 4.64. The number of urea groups is 1. The molecule has 2 amide bonds. The first-order chi connectivity index (χ1) is 15.8. The summed E-state index contributed by atoms with van der Waals surface area (Å²) in [7, 11) is 0. The Morgan fingerprint density at radius 1 is 0.909 bits per heavy atom. The molecule has 0 fully saturated rings. The van der Waals surface area contributed by atoms with Crippen LogP contribution < -0.4 is 24.8 Å². The summed E-state index contributed by atoms with van der Waals surface area (Å²) in [6.07, 6.45) is -4.77. The van der Waals surface area contributed by atoms with E-state index >= 15 is 0 Å². The van der Waals surface area contributed by atoms with Crippen molar-refractivity contribution in [1.82, 2.24) is 15.5 Å². The Kier molecular flexibility index (Phi) is 7.90. The van der Waals surface area contributed by atoms with Crippen molar-refractivity contribution in [3.05, 3.63) is 60.7 Å². The molecule has 0 radical (unpaired) electrons. The molecule has 8 nitrogen and oxygen atoms in total. The van der Waals surface area contributed by atoms with Gasteiger partial charge in [0.15, 0.2) is 0 Å². The highest BCUT2D eigenvalue weighted by Crippen LogP contribution is 2.24. The Morgan fingerprint density at radius 3 is 2.21 bits per heavy atom. The zero-order valence-corrected chi connectivity index (χ0v) is 17.6. The van der Waals surface area contributed by atoms with Crippen molar-refractivity contribution in [2.45, 2.75) is 13.3 Å². The minimum absolute atomic E-state index is 0.142. The average molecular weight is 462 g/mol. The van der Waals surface area contributed by atoms with E-state index in [-0.39, 0.29) is 18.9 Å². The highest BCUT2D eigenvalue weighted by atomic mass is 19.4. The summed E-state index contributed by atoms with van der Waals surface area (Å²) in [4.78, 5) is 11.9. The fraction of sp³-hybridized carbons (Fsp3) is 0.227. The van der Waals surface area contributed by atoms with E-state index in [0.29, 0.717) is 23.9 Å². The summed E-state index contributed by atoms with van der Waals surface area (Å²) in [6.45, 7) is 2.82. The second-order valence-electron chi connectivity index (χ2n) is 6.52. The molecule has 0 unspecified atom stereocenters. The molecule has 2 N–H and O–H groups in total. The number of alkyl halides is 3. The maximum absolute atomic E-state index is 12.2. The summed E-state index contributed by atoms with van der Waals surface area (Å²) < 4.78 is 51.1. The van der Waals surface area contributed by atoms with Crippen LogP contribution in [-0.4, -0.2) is 42.3 Å². The molecule has 0 aliphatic carbocycles. The number of nitrogens with one attached hydrogen (secondary N) is 2. The van der Waals surface area contributed by atoms with E-state index in [4.69, 9.17) is 9.47 Å². The molecule has 0 aliphatic rings. The quantitative estimate of drug-likeness (QED) is 0.450. The fourth-order valence-corrected chi connectivity index (χ4v) is 2.67. The van der Waals surface area contributed by atoms with Crippen LogP contribution in [0.4, 0.5) is 23.7 Å². The molecule has 0 atom stereocenters. The van der Waals surface area contributed by atoms with Gasteiger partial charge in [-0.05, 0) is 61.5 Å². The second-order valence-corrected chi connectivity index (χ2v) is 6.52. The minimum Gasteiger partial charge on any atom is -0.494 e. The number of ether oxygens (including phenoxy) is 3. The lowest BCUT2D eigenvalue weighted by molar-refractivity contribution is -0.274. The van der Waals surface area contributed by atoms with E-state index in [1.165, 1.54) is 12.1 Å². The molecular weight excluding hydrogens is 441 g/mol. The highest BCUT2D eigenvalue weighted by molar-refractivity contribution is 5.89. The van der Waals surface area contributed by atoms with E-state index in [0.717, 1.165) is 23.4 Å². The van der Waals surface area contributed by atoms with Crippen LogP contribution in [0.2, 0.25) is 0 Å². The Morgan fingerprint density at radius 2 is 1.61 bits per heavy atom. The molecule has 174 valence electrons. The zero-order valence-electron chi connectivity index (χ0n) is 17.6. The predicted molar refractivity (Wildman–Crippen MR) is 114 cm³/mol. The largest absolute Gasteiger partial charge is 0.573 e. The highest BCUT2D eigenvalue weighted by Gasteiger charge is 2.30. The van der Waals surface area contributed by atoms with Crippen molar-refractivity contribution in [3.63, 3.8) is 0 Å². The van der Waals surface area contributed by atoms with Gasteiger partial charge in [0.25, 0.3) is 0 Å².